The number of carbonyl (C=O) groups is 3. The molecule has 3 amide bonds. The minimum absolute atomic E-state index is 0.0605. The number of carbonyl (C=O) groups excluding carboxylic acids is 3. The molecule has 206 valence electrons. The van der Waals surface area contributed by atoms with Crippen LogP contribution in [0.5, 0.6) is 0 Å². The second kappa shape index (κ2) is 15.4. The summed E-state index contributed by atoms with van der Waals surface area (Å²) >= 11 is 0. The summed E-state index contributed by atoms with van der Waals surface area (Å²) in [5.41, 5.74) is 15.1. The van der Waals surface area contributed by atoms with Crippen molar-refractivity contribution in [3.8, 4) is 0 Å². The van der Waals surface area contributed by atoms with E-state index in [1.54, 1.807) is 29.7 Å². The zero-order chi connectivity index (χ0) is 28.1. The Morgan fingerprint density at radius 1 is 0.895 bits per heavy atom. The topological polar surface area (TPSA) is 172 Å². The van der Waals surface area contributed by atoms with Crippen LogP contribution in [0.3, 0.4) is 0 Å². The SMILES string of the molecule is CNC(=O)[C@H](Cc1ccc(N=C(N)N)cc1)NC(=O)[C@H](CC(C)C)C(CCCc1ccccc1)C(=O)NO. The number of hydroxylamine groups is 1. The molecule has 2 rings (SSSR count). The maximum Gasteiger partial charge on any atom is 0.247 e. The van der Waals surface area contributed by atoms with Gasteiger partial charge in [-0.3, -0.25) is 19.6 Å². The number of aliphatic imine (C=N–C) groups is 1. The lowest BCUT2D eigenvalue weighted by atomic mass is 9.80. The fraction of sp³-hybridized carbons (Fsp3) is 0.429. The lowest BCUT2D eigenvalue weighted by Gasteiger charge is -2.28. The average molecular weight is 525 g/mol. The smallest absolute Gasteiger partial charge is 0.247 e. The number of aryl methyl sites for hydroxylation is 1. The predicted molar refractivity (Wildman–Crippen MR) is 147 cm³/mol. The van der Waals surface area contributed by atoms with Crippen molar-refractivity contribution in [2.45, 2.75) is 52.0 Å². The molecule has 2 aromatic carbocycles. The monoisotopic (exact) mass is 524 g/mol. The molecule has 0 fully saturated rings. The molecule has 10 nitrogen and oxygen atoms in total. The van der Waals surface area contributed by atoms with Gasteiger partial charge in [0.1, 0.15) is 6.04 Å². The zero-order valence-corrected chi connectivity index (χ0v) is 22.3. The largest absolute Gasteiger partial charge is 0.370 e. The van der Waals surface area contributed by atoms with Gasteiger partial charge in [-0.15, -0.1) is 0 Å². The van der Waals surface area contributed by atoms with Crippen molar-refractivity contribution in [1.29, 1.82) is 0 Å². The van der Waals surface area contributed by atoms with Gasteiger partial charge in [-0.05, 0) is 54.9 Å². The van der Waals surface area contributed by atoms with E-state index in [1.165, 1.54) is 7.05 Å². The highest BCUT2D eigenvalue weighted by Crippen LogP contribution is 2.27. The van der Waals surface area contributed by atoms with E-state index in [2.05, 4.69) is 15.6 Å². The van der Waals surface area contributed by atoms with Crippen molar-refractivity contribution < 1.29 is 19.6 Å². The van der Waals surface area contributed by atoms with Crippen LogP contribution in [-0.4, -0.2) is 42.0 Å². The van der Waals surface area contributed by atoms with Crippen LogP contribution >= 0.6 is 0 Å². The fourth-order valence-electron chi connectivity index (χ4n) is 4.48. The highest BCUT2D eigenvalue weighted by atomic mass is 16.5. The standard InChI is InChI=1S/C28H40N6O4/c1-18(2)16-23(22(26(36)34-38)11-7-10-19-8-5-4-6-9-19)25(35)33-24(27(37)31-3)17-20-12-14-21(15-13-20)32-28(29)30/h4-6,8-9,12-15,18,22-24,38H,7,10-11,16-17H2,1-3H3,(H,31,37)(H,33,35)(H,34,36)(H4,29,30,32)/t22?,23-,24+/m1/s1. The molecule has 2 aromatic rings. The number of likely N-dealkylation sites (N-methyl/N-ethyl adjacent to an activating group) is 1. The third kappa shape index (κ3) is 9.85. The number of guanidine groups is 1. The molecule has 8 N–H and O–H groups in total. The summed E-state index contributed by atoms with van der Waals surface area (Å²) in [6, 6.07) is 16.0. The van der Waals surface area contributed by atoms with Gasteiger partial charge in [0, 0.05) is 19.4 Å². The molecular weight excluding hydrogens is 484 g/mol. The van der Waals surface area contributed by atoms with Gasteiger partial charge < -0.3 is 22.1 Å². The molecular formula is C28H40N6O4. The highest BCUT2D eigenvalue weighted by molar-refractivity contribution is 5.91. The summed E-state index contributed by atoms with van der Waals surface area (Å²) in [6.45, 7) is 3.93. The Hall–Kier alpha value is -3.92. The normalized spacial score (nSPS) is 13.2. The first-order valence-electron chi connectivity index (χ1n) is 12.8. The van der Waals surface area contributed by atoms with Gasteiger partial charge in [-0.2, -0.15) is 0 Å². The summed E-state index contributed by atoms with van der Waals surface area (Å²) in [4.78, 5) is 43.0. The number of nitrogens with zero attached hydrogens (tertiary/aromatic N) is 1. The fourth-order valence-corrected chi connectivity index (χ4v) is 4.48. The molecule has 0 heterocycles. The number of nitrogens with one attached hydrogen (secondary N) is 3. The van der Waals surface area contributed by atoms with Gasteiger partial charge in [-0.1, -0.05) is 56.3 Å². The van der Waals surface area contributed by atoms with Gasteiger partial charge in [-0.25, -0.2) is 10.5 Å². The van der Waals surface area contributed by atoms with Gasteiger partial charge >= 0.3 is 0 Å². The van der Waals surface area contributed by atoms with E-state index < -0.39 is 29.7 Å². The van der Waals surface area contributed by atoms with Crippen molar-refractivity contribution in [2.75, 3.05) is 7.05 Å². The van der Waals surface area contributed by atoms with Crippen LogP contribution in [-0.2, 0) is 27.2 Å². The summed E-state index contributed by atoms with van der Waals surface area (Å²) in [5.74, 6) is -2.81. The Morgan fingerprint density at radius 3 is 2.11 bits per heavy atom. The van der Waals surface area contributed by atoms with Crippen molar-refractivity contribution in [1.82, 2.24) is 16.1 Å². The number of nitrogens with two attached hydrogens (primary N) is 2. The molecule has 0 saturated heterocycles. The Morgan fingerprint density at radius 2 is 1.55 bits per heavy atom. The molecule has 38 heavy (non-hydrogen) atoms. The molecule has 3 atom stereocenters. The molecule has 0 spiro atoms. The van der Waals surface area contributed by atoms with E-state index in [-0.39, 0.29) is 24.2 Å². The van der Waals surface area contributed by atoms with Gasteiger partial charge in [0.2, 0.25) is 17.7 Å². The molecule has 10 heteroatoms. The third-order valence-electron chi connectivity index (χ3n) is 6.33. The van der Waals surface area contributed by atoms with Gasteiger partial charge in [0.05, 0.1) is 11.6 Å². The van der Waals surface area contributed by atoms with Crippen molar-refractivity contribution in [3.05, 3.63) is 65.7 Å². The number of hydrogen-bond acceptors (Lipinski definition) is 5. The minimum Gasteiger partial charge on any atom is -0.370 e. The van der Waals surface area contributed by atoms with Gasteiger partial charge in [0.15, 0.2) is 5.96 Å². The van der Waals surface area contributed by atoms with Crippen LogP contribution < -0.4 is 27.6 Å². The maximum atomic E-state index is 13.6. The quantitative estimate of drug-likeness (QED) is 0.0956. The molecule has 1 unspecified atom stereocenters. The van der Waals surface area contributed by atoms with E-state index in [4.69, 9.17) is 11.5 Å². The van der Waals surface area contributed by atoms with Crippen LogP contribution in [0.1, 0.15) is 44.2 Å². The Labute approximate surface area is 224 Å². The summed E-state index contributed by atoms with van der Waals surface area (Å²) in [7, 11) is 1.50. The van der Waals surface area contributed by atoms with Crippen molar-refractivity contribution in [2.24, 2.45) is 34.2 Å². The third-order valence-corrected chi connectivity index (χ3v) is 6.33. The molecule has 0 aliphatic carbocycles. The Kier molecular flexibility index (Phi) is 12.2. The number of rotatable bonds is 14. The van der Waals surface area contributed by atoms with E-state index in [0.29, 0.717) is 24.9 Å². The van der Waals surface area contributed by atoms with Crippen LogP contribution in [0.15, 0.2) is 59.6 Å². The predicted octanol–water partition coefficient (Wildman–Crippen LogP) is 2.17. The first-order valence-corrected chi connectivity index (χ1v) is 12.8. The number of benzene rings is 2. The number of hydrogen-bond donors (Lipinski definition) is 6. The molecule has 0 aliphatic rings. The van der Waals surface area contributed by atoms with Gasteiger partial charge in [0.25, 0.3) is 0 Å². The van der Waals surface area contributed by atoms with E-state index in [0.717, 1.165) is 17.5 Å². The van der Waals surface area contributed by atoms with E-state index in [1.807, 2.05) is 44.2 Å². The highest BCUT2D eigenvalue weighted by Gasteiger charge is 2.35. The second-order valence-electron chi connectivity index (χ2n) is 9.78. The second-order valence-corrected chi connectivity index (χ2v) is 9.78. The molecule has 0 aliphatic heterocycles. The van der Waals surface area contributed by atoms with Crippen LogP contribution in [0.25, 0.3) is 0 Å². The van der Waals surface area contributed by atoms with Crippen LogP contribution in [0.4, 0.5) is 5.69 Å². The average Bonchev–Trinajstić information content (AvgIpc) is 2.90. The summed E-state index contributed by atoms with van der Waals surface area (Å²) < 4.78 is 0. The summed E-state index contributed by atoms with van der Waals surface area (Å²) in [6.07, 6.45) is 2.45. The number of amides is 3. The lowest BCUT2D eigenvalue weighted by molar-refractivity contribution is -0.142. The Balaban J connectivity index is 2.21. The maximum absolute atomic E-state index is 13.6. The minimum atomic E-state index is -0.863. The van der Waals surface area contributed by atoms with Crippen LogP contribution in [0.2, 0.25) is 0 Å². The molecule has 0 bridgehead atoms. The summed E-state index contributed by atoms with van der Waals surface area (Å²) in [5, 5.41) is 14.9. The van der Waals surface area contributed by atoms with Crippen molar-refractivity contribution >= 4 is 29.4 Å². The van der Waals surface area contributed by atoms with Crippen LogP contribution in [0, 0.1) is 17.8 Å². The lowest BCUT2D eigenvalue weighted by Crippen LogP contribution is -2.51. The van der Waals surface area contributed by atoms with E-state index in [9.17, 15) is 19.6 Å². The molecule has 0 saturated carbocycles. The van der Waals surface area contributed by atoms with Crippen molar-refractivity contribution in [3.63, 3.8) is 0 Å². The first kappa shape index (κ1) is 30.3. The Bertz CT molecular complexity index is 1070. The molecule has 0 aromatic heterocycles. The van der Waals surface area contributed by atoms with E-state index >= 15 is 0 Å². The molecule has 0 radical (unpaired) electrons. The first-order chi connectivity index (χ1) is 18.1. The zero-order valence-electron chi connectivity index (χ0n) is 22.3.